The number of hydrogen-bond donors (Lipinski definition) is 2. The second kappa shape index (κ2) is 8.25. The molecule has 1 amide bonds. The van der Waals surface area contributed by atoms with Gasteiger partial charge >= 0.3 is 5.69 Å². The van der Waals surface area contributed by atoms with Crippen molar-refractivity contribution in [2.24, 2.45) is 0 Å². The van der Waals surface area contributed by atoms with Gasteiger partial charge in [-0.15, -0.1) is 0 Å². The van der Waals surface area contributed by atoms with Crippen molar-refractivity contribution in [1.29, 1.82) is 0 Å². The molecule has 2 aromatic carbocycles. The minimum absolute atomic E-state index is 0.0416. The number of rotatable bonds is 6. The van der Waals surface area contributed by atoms with Crippen molar-refractivity contribution in [2.45, 2.75) is 24.8 Å². The first kappa shape index (κ1) is 21.5. The summed E-state index contributed by atoms with van der Waals surface area (Å²) in [6.07, 6.45) is -0.0416. The molecule has 0 saturated heterocycles. The van der Waals surface area contributed by atoms with Gasteiger partial charge in [0.2, 0.25) is 15.9 Å². The van der Waals surface area contributed by atoms with E-state index >= 15 is 0 Å². The van der Waals surface area contributed by atoms with E-state index < -0.39 is 21.3 Å². The van der Waals surface area contributed by atoms with Gasteiger partial charge in [0.1, 0.15) is 0 Å². The van der Waals surface area contributed by atoms with Crippen molar-refractivity contribution < 1.29 is 13.2 Å². The van der Waals surface area contributed by atoms with Crippen molar-refractivity contribution in [1.82, 2.24) is 13.9 Å². The summed E-state index contributed by atoms with van der Waals surface area (Å²) in [4.78, 5) is 38.9. The number of aryl methyl sites for hydroxylation is 2. The molecule has 0 aliphatic heterocycles. The molecule has 9 nitrogen and oxygen atoms in total. The van der Waals surface area contributed by atoms with E-state index in [1.807, 2.05) is 0 Å². The standard InChI is InChI=1S/C20H22N4O5S/c1-13-8-9-14(30(28,29)23(2)3)12-16(13)21-18(25)10-11-24-17-7-5-4-6-15(17)19(26)22-20(24)27/h4-9,12H,10-11H2,1-3H3,(H,21,25)(H,22,26,27). The van der Waals surface area contributed by atoms with E-state index in [1.165, 1.54) is 30.8 Å². The third kappa shape index (κ3) is 4.19. The van der Waals surface area contributed by atoms with Crippen LogP contribution in [0.15, 0.2) is 56.9 Å². The minimum Gasteiger partial charge on any atom is -0.326 e. The number of hydrogen-bond acceptors (Lipinski definition) is 5. The lowest BCUT2D eigenvalue weighted by molar-refractivity contribution is -0.116. The Kier molecular flexibility index (Phi) is 5.90. The van der Waals surface area contributed by atoms with Crippen LogP contribution in [-0.2, 0) is 21.4 Å². The number of amides is 1. The third-order valence-corrected chi connectivity index (χ3v) is 6.54. The van der Waals surface area contributed by atoms with Crippen LogP contribution in [-0.4, -0.2) is 42.3 Å². The van der Waals surface area contributed by atoms with Crippen molar-refractivity contribution in [2.75, 3.05) is 19.4 Å². The number of H-pyrrole nitrogens is 1. The summed E-state index contributed by atoms with van der Waals surface area (Å²) in [5, 5.41) is 3.06. The molecule has 0 bridgehead atoms. The molecule has 10 heteroatoms. The number of nitrogens with one attached hydrogen (secondary N) is 2. The van der Waals surface area contributed by atoms with E-state index in [1.54, 1.807) is 37.3 Å². The lowest BCUT2D eigenvalue weighted by atomic mass is 10.2. The molecule has 30 heavy (non-hydrogen) atoms. The molecule has 3 aromatic rings. The average Bonchev–Trinajstić information content (AvgIpc) is 2.69. The zero-order valence-electron chi connectivity index (χ0n) is 16.8. The normalized spacial score (nSPS) is 11.7. The molecular weight excluding hydrogens is 408 g/mol. The van der Waals surface area contributed by atoms with Crippen LogP contribution in [0.4, 0.5) is 5.69 Å². The zero-order valence-corrected chi connectivity index (χ0v) is 17.6. The first-order valence-electron chi connectivity index (χ1n) is 9.16. The number of carbonyl (C=O) groups excluding carboxylic acids is 1. The summed E-state index contributed by atoms with van der Waals surface area (Å²) in [6, 6.07) is 11.1. The van der Waals surface area contributed by atoms with E-state index in [0.717, 1.165) is 4.31 Å². The fourth-order valence-electron chi connectivity index (χ4n) is 3.00. The van der Waals surface area contributed by atoms with Crippen LogP contribution >= 0.6 is 0 Å². The molecular formula is C20H22N4O5S. The number of aromatic amines is 1. The van der Waals surface area contributed by atoms with Crippen molar-refractivity contribution in [3.63, 3.8) is 0 Å². The summed E-state index contributed by atoms with van der Waals surface area (Å²) in [6.45, 7) is 1.80. The third-order valence-electron chi connectivity index (χ3n) is 4.73. The fraction of sp³-hybridized carbons (Fsp3) is 0.250. The first-order valence-corrected chi connectivity index (χ1v) is 10.6. The van der Waals surface area contributed by atoms with E-state index in [2.05, 4.69) is 10.3 Å². The Labute approximate surface area is 173 Å². The fourth-order valence-corrected chi connectivity index (χ4v) is 3.93. The highest BCUT2D eigenvalue weighted by Crippen LogP contribution is 2.22. The minimum atomic E-state index is -3.64. The number of benzene rings is 2. The summed E-state index contributed by atoms with van der Waals surface area (Å²) >= 11 is 0. The molecule has 1 heterocycles. The highest BCUT2D eigenvalue weighted by atomic mass is 32.2. The molecule has 0 unspecified atom stereocenters. The highest BCUT2D eigenvalue weighted by Gasteiger charge is 2.19. The number of fused-ring (bicyclic) bond motifs is 1. The van der Waals surface area contributed by atoms with Gasteiger partial charge < -0.3 is 5.32 Å². The van der Waals surface area contributed by atoms with Crippen LogP contribution in [0.2, 0.25) is 0 Å². The Morgan fingerprint density at radius 3 is 2.53 bits per heavy atom. The molecule has 0 fully saturated rings. The van der Waals surface area contributed by atoms with Gasteiger partial charge in [0.25, 0.3) is 5.56 Å². The molecule has 0 radical (unpaired) electrons. The van der Waals surface area contributed by atoms with Gasteiger partial charge in [0.15, 0.2) is 0 Å². The highest BCUT2D eigenvalue weighted by molar-refractivity contribution is 7.89. The maximum Gasteiger partial charge on any atom is 0.328 e. The van der Waals surface area contributed by atoms with Gasteiger partial charge in [-0.2, -0.15) is 0 Å². The molecule has 0 saturated carbocycles. The number of aromatic nitrogens is 2. The monoisotopic (exact) mass is 430 g/mol. The molecule has 158 valence electrons. The summed E-state index contributed by atoms with van der Waals surface area (Å²) in [5.74, 6) is -0.389. The van der Waals surface area contributed by atoms with E-state index in [9.17, 15) is 22.8 Å². The van der Waals surface area contributed by atoms with Crippen LogP contribution in [0.25, 0.3) is 10.9 Å². The quantitative estimate of drug-likeness (QED) is 0.610. The predicted molar refractivity (Wildman–Crippen MR) is 114 cm³/mol. The maximum atomic E-state index is 12.5. The lowest BCUT2D eigenvalue weighted by Crippen LogP contribution is -2.31. The molecule has 0 spiro atoms. The maximum absolute atomic E-state index is 12.5. The molecule has 3 rings (SSSR count). The largest absolute Gasteiger partial charge is 0.328 e. The van der Waals surface area contributed by atoms with Gasteiger partial charge in [-0.1, -0.05) is 18.2 Å². The number of para-hydroxylation sites is 1. The summed E-state index contributed by atoms with van der Waals surface area (Å²) in [5.41, 5.74) is 0.441. The van der Waals surface area contributed by atoms with Crippen LogP contribution in [0.1, 0.15) is 12.0 Å². The van der Waals surface area contributed by atoms with E-state index in [4.69, 9.17) is 0 Å². The Balaban J connectivity index is 1.82. The second-order valence-electron chi connectivity index (χ2n) is 6.99. The topological polar surface area (TPSA) is 121 Å². The van der Waals surface area contributed by atoms with Crippen LogP contribution in [0.5, 0.6) is 0 Å². The van der Waals surface area contributed by atoms with Gasteiger partial charge in [0.05, 0.1) is 15.8 Å². The van der Waals surface area contributed by atoms with Crippen LogP contribution < -0.4 is 16.6 Å². The summed E-state index contributed by atoms with van der Waals surface area (Å²) < 4.78 is 27.1. The Morgan fingerprint density at radius 1 is 1.13 bits per heavy atom. The van der Waals surface area contributed by atoms with Gasteiger partial charge in [-0.25, -0.2) is 17.5 Å². The second-order valence-corrected chi connectivity index (χ2v) is 9.14. The Morgan fingerprint density at radius 2 is 1.83 bits per heavy atom. The molecule has 1 aromatic heterocycles. The Bertz CT molecular complexity index is 1340. The first-order chi connectivity index (χ1) is 14.1. The number of nitrogens with zero attached hydrogens (tertiary/aromatic N) is 2. The smallest absolute Gasteiger partial charge is 0.326 e. The van der Waals surface area contributed by atoms with E-state index in [0.29, 0.717) is 22.2 Å². The SMILES string of the molecule is Cc1ccc(S(=O)(=O)N(C)C)cc1NC(=O)CCn1c(=O)[nH]c(=O)c2ccccc21. The summed E-state index contributed by atoms with van der Waals surface area (Å²) in [7, 11) is -0.778. The molecule has 2 N–H and O–H groups in total. The van der Waals surface area contributed by atoms with Crippen LogP contribution in [0, 0.1) is 6.92 Å². The number of sulfonamides is 1. The average molecular weight is 430 g/mol. The molecule has 0 aliphatic rings. The molecule has 0 aliphatic carbocycles. The van der Waals surface area contributed by atoms with Gasteiger partial charge in [-0.3, -0.25) is 19.1 Å². The number of anilines is 1. The van der Waals surface area contributed by atoms with Gasteiger partial charge in [0, 0.05) is 32.7 Å². The van der Waals surface area contributed by atoms with Crippen molar-refractivity contribution in [3.8, 4) is 0 Å². The molecule has 0 atom stereocenters. The lowest BCUT2D eigenvalue weighted by Gasteiger charge is -2.15. The predicted octanol–water partition coefficient (Wildman–Crippen LogP) is 1.28. The van der Waals surface area contributed by atoms with Crippen LogP contribution in [0.3, 0.4) is 0 Å². The Hall–Kier alpha value is -3.24. The van der Waals surface area contributed by atoms with Crippen molar-refractivity contribution >= 4 is 32.5 Å². The number of carbonyl (C=O) groups is 1. The zero-order chi connectivity index (χ0) is 22.1. The van der Waals surface area contributed by atoms with E-state index in [-0.39, 0.29) is 23.8 Å². The van der Waals surface area contributed by atoms with Crippen molar-refractivity contribution in [3.05, 3.63) is 68.9 Å². The van der Waals surface area contributed by atoms with Gasteiger partial charge in [-0.05, 0) is 36.8 Å².